The van der Waals surface area contributed by atoms with E-state index in [1.165, 1.54) is 0 Å². The number of hydrogen-bond acceptors (Lipinski definition) is 3. The summed E-state index contributed by atoms with van der Waals surface area (Å²) in [6.07, 6.45) is 0.584. The number of likely N-dealkylation sites (tertiary alicyclic amines) is 1. The van der Waals surface area contributed by atoms with E-state index in [0.29, 0.717) is 6.42 Å². The van der Waals surface area contributed by atoms with Crippen LogP contribution in [0.5, 0.6) is 0 Å². The Bertz CT molecular complexity index is 250. The molecule has 1 atom stereocenters. The molecule has 0 aliphatic carbocycles. The minimum absolute atomic E-state index is 0.229. The van der Waals surface area contributed by atoms with Crippen LogP contribution in [0, 0.1) is 5.41 Å². The predicted octanol–water partition coefficient (Wildman–Crippen LogP) is -1.64. The van der Waals surface area contributed by atoms with Gasteiger partial charge < -0.3 is 11.5 Å². The number of carbonyl (C=O) groups is 2. The van der Waals surface area contributed by atoms with E-state index in [4.69, 9.17) is 16.9 Å². The highest BCUT2D eigenvalue weighted by Gasteiger charge is 2.36. The third-order valence-corrected chi connectivity index (χ3v) is 1.80. The fourth-order valence-corrected chi connectivity index (χ4v) is 1.26. The minimum atomic E-state index is -0.727. The Balaban J connectivity index is 2.84. The van der Waals surface area contributed by atoms with E-state index >= 15 is 0 Å². The Morgan fingerprint density at radius 2 is 2.17 bits per heavy atom. The SMILES string of the molecule is N=C(N)N1C(=O)CCC1C(N)=O. The van der Waals surface area contributed by atoms with Crippen molar-refractivity contribution in [1.82, 2.24) is 4.90 Å². The van der Waals surface area contributed by atoms with Crippen molar-refractivity contribution in [1.29, 1.82) is 5.41 Å². The monoisotopic (exact) mass is 170 g/mol. The minimum Gasteiger partial charge on any atom is -0.370 e. The molecule has 1 rings (SSSR count). The van der Waals surface area contributed by atoms with Gasteiger partial charge >= 0.3 is 0 Å². The maximum absolute atomic E-state index is 11.0. The van der Waals surface area contributed by atoms with Crippen LogP contribution in [0.1, 0.15) is 12.8 Å². The van der Waals surface area contributed by atoms with Gasteiger partial charge in [-0.1, -0.05) is 0 Å². The number of hydrogen-bond donors (Lipinski definition) is 3. The molecule has 1 fully saturated rings. The lowest BCUT2D eigenvalue weighted by Gasteiger charge is -2.19. The Labute approximate surface area is 69.0 Å². The van der Waals surface area contributed by atoms with Crippen molar-refractivity contribution < 1.29 is 9.59 Å². The summed E-state index contributed by atoms with van der Waals surface area (Å²) in [6.45, 7) is 0. The van der Waals surface area contributed by atoms with E-state index in [9.17, 15) is 9.59 Å². The molecule has 0 aromatic heterocycles. The van der Waals surface area contributed by atoms with Crippen LogP contribution in [0.2, 0.25) is 0 Å². The summed E-state index contributed by atoms with van der Waals surface area (Å²) in [7, 11) is 0. The molecule has 0 bridgehead atoms. The molecule has 6 nitrogen and oxygen atoms in total. The number of nitrogens with zero attached hydrogens (tertiary/aromatic N) is 1. The lowest BCUT2D eigenvalue weighted by Crippen LogP contribution is -2.48. The van der Waals surface area contributed by atoms with Crippen molar-refractivity contribution in [3.63, 3.8) is 0 Å². The molecule has 0 radical (unpaired) electrons. The van der Waals surface area contributed by atoms with Crippen LogP contribution in [-0.4, -0.2) is 28.7 Å². The van der Waals surface area contributed by atoms with Crippen molar-refractivity contribution >= 4 is 17.8 Å². The Morgan fingerprint density at radius 3 is 2.50 bits per heavy atom. The summed E-state index contributed by atoms with van der Waals surface area (Å²) < 4.78 is 0. The van der Waals surface area contributed by atoms with E-state index in [2.05, 4.69) is 0 Å². The summed E-state index contributed by atoms with van der Waals surface area (Å²) in [5.41, 5.74) is 10.1. The van der Waals surface area contributed by atoms with Crippen LogP contribution < -0.4 is 11.5 Å². The van der Waals surface area contributed by atoms with E-state index < -0.39 is 17.9 Å². The fourth-order valence-electron chi connectivity index (χ4n) is 1.26. The van der Waals surface area contributed by atoms with Gasteiger partial charge in [0.15, 0.2) is 5.96 Å². The van der Waals surface area contributed by atoms with Crippen molar-refractivity contribution in [2.45, 2.75) is 18.9 Å². The first-order chi connectivity index (χ1) is 5.54. The van der Waals surface area contributed by atoms with Crippen LogP contribution in [0.15, 0.2) is 0 Å². The second kappa shape index (κ2) is 2.80. The highest BCUT2D eigenvalue weighted by molar-refractivity contribution is 6.02. The standard InChI is InChI=1S/C6H10N4O2/c7-5(12)3-1-2-4(11)10(3)6(8)9/h3H,1-2H2,(H2,7,12)(H3,8,9). The molecule has 12 heavy (non-hydrogen) atoms. The van der Waals surface area contributed by atoms with Crippen LogP contribution in [-0.2, 0) is 9.59 Å². The third kappa shape index (κ3) is 1.23. The average molecular weight is 170 g/mol. The first kappa shape index (κ1) is 8.51. The van der Waals surface area contributed by atoms with Gasteiger partial charge in [0.05, 0.1) is 0 Å². The molecular weight excluding hydrogens is 160 g/mol. The second-order valence-corrected chi connectivity index (χ2v) is 2.61. The Hall–Kier alpha value is -1.59. The average Bonchev–Trinajstić information content (AvgIpc) is 2.30. The van der Waals surface area contributed by atoms with Gasteiger partial charge in [0.2, 0.25) is 11.8 Å². The van der Waals surface area contributed by atoms with Crippen LogP contribution in [0.25, 0.3) is 0 Å². The van der Waals surface area contributed by atoms with Gasteiger partial charge in [-0.05, 0) is 6.42 Å². The van der Waals surface area contributed by atoms with Crippen molar-refractivity contribution in [2.24, 2.45) is 11.5 Å². The number of carbonyl (C=O) groups excluding carboxylic acids is 2. The summed E-state index contributed by atoms with van der Waals surface area (Å²) in [6, 6.07) is -0.727. The second-order valence-electron chi connectivity index (χ2n) is 2.61. The highest BCUT2D eigenvalue weighted by Crippen LogP contribution is 2.17. The molecule has 1 heterocycles. The molecule has 0 aromatic rings. The molecule has 6 heteroatoms. The van der Waals surface area contributed by atoms with Crippen LogP contribution in [0.3, 0.4) is 0 Å². The zero-order chi connectivity index (χ0) is 9.30. The molecule has 0 aromatic carbocycles. The molecule has 0 spiro atoms. The number of guanidine groups is 1. The molecular formula is C6H10N4O2. The largest absolute Gasteiger partial charge is 0.370 e. The van der Waals surface area contributed by atoms with E-state index in [-0.39, 0.29) is 12.3 Å². The van der Waals surface area contributed by atoms with Crippen LogP contribution >= 0.6 is 0 Å². The topological polar surface area (TPSA) is 113 Å². The maximum Gasteiger partial charge on any atom is 0.240 e. The zero-order valence-corrected chi connectivity index (χ0v) is 6.41. The quantitative estimate of drug-likeness (QED) is 0.324. The summed E-state index contributed by atoms with van der Waals surface area (Å²) in [5, 5.41) is 7.02. The lowest BCUT2D eigenvalue weighted by atomic mass is 10.2. The number of nitrogens with two attached hydrogens (primary N) is 2. The van der Waals surface area contributed by atoms with E-state index in [1.54, 1.807) is 0 Å². The first-order valence-corrected chi connectivity index (χ1v) is 3.49. The smallest absolute Gasteiger partial charge is 0.240 e. The lowest BCUT2D eigenvalue weighted by molar-refractivity contribution is -0.130. The number of primary amides is 1. The first-order valence-electron chi connectivity index (χ1n) is 3.49. The third-order valence-electron chi connectivity index (χ3n) is 1.80. The summed E-state index contributed by atoms with van der Waals surface area (Å²) in [4.78, 5) is 22.7. The Kier molecular flexibility index (Phi) is 1.99. The number of amides is 2. The fraction of sp³-hybridized carbons (Fsp3) is 0.500. The molecule has 1 unspecified atom stereocenters. The molecule has 1 aliphatic rings. The molecule has 66 valence electrons. The van der Waals surface area contributed by atoms with Crippen LogP contribution in [0.4, 0.5) is 0 Å². The van der Waals surface area contributed by atoms with Gasteiger partial charge in [-0.25, -0.2) is 0 Å². The molecule has 1 aliphatic heterocycles. The van der Waals surface area contributed by atoms with E-state index in [0.717, 1.165) is 4.90 Å². The maximum atomic E-state index is 11.0. The zero-order valence-electron chi connectivity index (χ0n) is 6.41. The van der Waals surface area contributed by atoms with Crippen molar-refractivity contribution in [3.05, 3.63) is 0 Å². The molecule has 0 saturated carbocycles. The van der Waals surface area contributed by atoms with Gasteiger partial charge in [0.1, 0.15) is 6.04 Å². The van der Waals surface area contributed by atoms with Crippen molar-refractivity contribution in [3.8, 4) is 0 Å². The Morgan fingerprint density at radius 1 is 1.58 bits per heavy atom. The van der Waals surface area contributed by atoms with Gasteiger partial charge in [-0.15, -0.1) is 0 Å². The number of rotatable bonds is 1. The normalized spacial score (nSPS) is 22.8. The van der Waals surface area contributed by atoms with E-state index in [1.807, 2.05) is 0 Å². The number of nitrogens with one attached hydrogen (secondary N) is 1. The van der Waals surface area contributed by atoms with Crippen molar-refractivity contribution in [2.75, 3.05) is 0 Å². The van der Waals surface area contributed by atoms with Gasteiger partial charge in [-0.3, -0.25) is 19.9 Å². The molecule has 5 N–H and O–H groups in total. The van der Waals surface area contributed by atoms with Gasteiger partial charge in [0.25, 0.3) is 0 Å². The molecule has 2 amide bonds. The molecule has 1 saturated heterocycles. The highest BCUT2D eigenvalue weighted by atomic mass is 16.2. The van der Waals surface area contributed by atoms with Gasteiger partial charge in [0, 0.05) is 6.42 Å². The van der Waals surface area contributed by atoms with Gasteiger partial charge in [-0.2, -0.15) is 0 Å². The summed E-state index contributed by atoms with van der Waals surface area (Å²) >= 11 is 0. The summed E-state index contributed by atoms with van der Waals surface area (Å²) in [5.74, 6) is -1.34. The predicted molar refractivity (Wildman–Crippen MR) is 41.0 cm³/mol.